The SMILES string of the molecule is Cc1cc(C)n(C[C@H](C)CN[C@H](C)[C@@H]2CCCN2C(=O)OC(C)(C)C)n1. The van der Waals surface area contributed by atoms with Crippen molar-refractivity contribution in [2.75, 3.05) is 13.1 Å². The Balaban J connectivity index is 1.85. The molecule has 148 valence electrons. The number of hydrogen-bond donors (Lipinski definition) is 1. The summed E-state index contributed by atoms with van der Waals surface area (Å²) in [5.74, 6) is 0.465. The zero-order chi connectivity index (χ0) is 19.5. The highest BCUT2D eigenvalue weighted by Gasteiger charge is 2.35. The van der Waals surface area contributed by atoms with E-state index < -0.39 is 5.60 Å². The van der Waals surface area contributed by atoms with Crippen LogP contribution in [0.3, 0.4) is 0 Å². The highest BCUT2D eigenvalue weighted by atomic mass is 16.6. The molecule has 6 heteroatoms. The lowest BCUT2D eigenvalue weighted by atomic mass is 10.1. The highest BCUT2D eigenvalue weighted by molar-refractivity contribution is 5.69. The first-order chi connectivity index (χ1) is 12.1. The summed E-state index contributed by atoms with van der Waals surface area (Å²) in [6, 6.07) is 2.55. The number of rotatable bonds is 6. The second-order valence-corrected chi connectivity index (χ2v) is 8.79. The molecule has 0 unspecified atom stereocenters. The molecule has 1 saturated heterocycles. The standard InChI is InChI=1S/C20H36N4O2/c1-14(13-24-16(3)11-15(2)22-24)12-21-17(4)18-9-8-10-23(18)19(25)26-20(5,6)7/h11,14,17-18,21H,8-10,12-13H2,1-7H3/t14-,17-,18+/m1/s1. The summed E-state index contributed by atoms with van der Waals surface area (Å²) in [6.45, 7) is 16.9. The van der Waals surface area contributed by atoms with Crippen LogP contribution in [0.5, 0.6) is 0 Å². The summed E-state index contributed by atoms with van der Waals surface area (Å²) < 4.78 is 7.65. The Kier molecular flexibility index (Phi) is 6.72. The zero-order valence-corrected chi connectivity index (χ0v) is 17.5. The van der Waals surface area contributed by atoms with E-state index in [1.54, 1.807) is 0 Å². The lowest BCUT2D eigenvalue weighted by Crippen LogP contribution is -2.49. The van der Waals surface area contributed by atoms with Gasteiger partial charge in [-0.25, -0.2) is 4.79 Å². The van der Waals surface area contributed by atoms with Gasteiger partial charge in [-0.1, -0.05) is 6.92 Å². The van der Waals surface area contributed by atoms with Gasteiger partial charge in [0.2, 0.25) is 0 Å². The lowest BCUT2D eigenvalue weighted by molar-refractivity contribution is 0.0200. The number of hydrogen-bond acceptors (Lipinski definition) is 4. The van der Waals surface area contributed by atoms with Gasteiger partial charge in [-0.3, -0.25) is 4.68 Å². The van der Waals surface area contributed by atoms with Crippen LogP contribution in [-0.2, 0) is 11.3 Å². The number of carbonyl (C=O) groups excluding carboxylic acids is 1. The summed E-state index contributed by atoms with van der Waals surface area (Å²) in [5, 5.41) is 8.17. The average Bonchev–Trinajstić information content (AvgIpc) is 3.10. The van der Waals surface area contributed by atoms with Crippen LogP contribution >= 0.6 is 0 Å². The fourth-order valence-corrected chi connectivity index (χ4v) is 3.60. The number of likely N-dealkylation sites (tertiary alicyclic amines) is 1. The van der Waals surface area contributed by atoms with Crippen molar-refractivity contribution in [1.29, 1.82) is 0 Å². The van der Waals surface area contributed by atoms with E-state index in [0.29, 0.717) is 5.92 Å². The quantitative estimate of drug-likeness (QED) is 0.839. The van der Waals surface area contributed by atoms with E-state index in [9.17, 15) is 4.79 Å². The third kappa shape index (κ3) is 5.73. The van der Waals surface area contributed by atoms with Crippen molar-refractivity contribution in [3.8, 4) is 0 Å². The molecule has 1 fully saturated rings. The minimum atomic E-state index is -0.449. The van der Waals surface area contributed by atoms with Gasteiger partial charge in [-0.2, -0.15) is 5.10 Å². The molecule has 0 saturated carbocycles. The smallest absolute Gasteiger partial charge is 0.410 e. The Morgan fingerprint density at radius 1 is 1.38 bits per heavy atom. The molecule has 1 amide bonds. The van der Waals surface area contributed by atoms with E-state index in [1.807, 2.05) is 32.6 Å². The fourth-order valence-electron chi connectivity index (χ4n) is 3.60. The molecule has 0 radical (unpaired) electrons. The van der Waals surface area contributed by atoms with Gasteiger partial charge in [-0.15, -0.1) is 0 Å². The monoisotopic (exact) mass is 364 g/mol. The first-order valence-electron chi connectivity index (χ1n) is 9.81. The molecule has 26 heavy (non-hydrogen) atoms. The Bertz CT molecular complexity index is 605. The van der Waals surface area contributed by atoms with Gasteiger partial charge in [0.15, 0.2) is 0 Å². The fraction of sp³-hybridized carbons (Fsp3) is 0.800. The van der Waals surface area contributed by atoms with Crippen LogP contribution < -0.4 is 5.32 Å². The summed E-state index contributed by atoms with van der Waals surface area (Å²) in [4.78, 5) is 14.4. The van der Waals surface area contributed by atoms with Crippen molar-refractivity contribution >= 4 is 6.09 Å². The summed E-state index contributed by atoms with van der Waals surface area (Å²) in [5.41, 5.74) is 1.82. The van der Waals surface area contributed by atoms with Gasteiger partial charge in [0.05, 0.1) is 11.7 Å². The Morgan fingerprint density at radius 2 is 2.08 bits per heavy atom. The summed E-state index contributed by atoms with van der Waals surface area (Å²) >= 11 is 0. The number of carbonyl (C=O) groups is 1. The van der Waals surface area contributed by atoms with Crippen LogP contribution in [0.25, 0.3) is 0 Å². The number of amides is 1. The molecule has 2 rings (SSSR count). The number of aryl methyl sites for hydroxylation is 2. The van der Waals surface area contributed by atoms with Crippen molar-refractivity contribution in [1.82, 2.24) is 20.0 Å². The Labute approximate surface area is 158 Å². The molecule has 1 aliphatic heterocycles. The van der Waals surface area contributed by atoms with E-state index in [2.05, 4.69) is 41.9 Å². The average molecular weight is 365 g/mol. The molecule has 0 aliphatic carbocycles. The molecule has 1 aromatic rings. The predicted octanol–water partition coefficient (Wildman–Crippen LogP) is 3.51. The van der Waals surface area contributed by atoms with E-state index in [4.69, 9.17) is 4.74 Å². The minimum absolute atomic E-state index is 0.190. The van der Waals surface area contributed by atoms with Crippen LogP contribution in [0.4, 0.5) is 4.79 Å². The first-order valence-corrected chi connectivity index (χ1v) is 9.81. The first kappa shape index (κ1) is 20.7. The van der Waals surface area contributed by atoms with E-state index in [1.165, 1.54) is 5.69 Å². The van der Waals surface area contributed by atoms with Gasteiger partial charge in [-0.05, 0) is 72.9 Å². The normalized spacial score (nSPS) is 20.3. The van der Waals surface area contributed by atoms with Crippen LogP contribution in [0, 0.1) is 19.8 Å². The van der Waals surface area contributed by atoms with Crippen molar-refractivity contribution in [3.63, 3.8) is 0 Å². The molecule has 0 bridgehead atoms. The zero-order valence-electron chi connectivity index (χ0n) is 17.5. The van der Waals surface area contributed by atoms with Crippen molar-refractivity contribution < 1.29 is 9.53 Å². The summed E-state index contributed by atoms with van der Waals surface area (Å²) in [6.07, 6.45) is 1.88. The topological polar surface area (TPSA) is 59.4 Å². The summed E-state index contributed by atoms with van der Waals surface area (Å²) in [7, 11) is 0. The van der Waals surface area contributed by atoms with Crippen molar-refractivity contribution in [2.45, 2.75) is 85.5 Å². The molecule has 0 spiro atoms. The second-order valence-electron chi connectivity index (χ2n) is 8.79. The highest BCUT2D eigenvalue weighted by Crippen LogP contribution is 2.23. The number of nitrogens with zero attached hydrogens (tertiary/aromatic N) is 3. The van der Waals surface area contributed by atoms with Gasteiger partial charge in [0, 0.05) is 24.8 Å². The lowest BCUT2D eigenvalue weighted by Gasteiger charge is -2.32. The molecule has 1 aromatic heterocycles. The molecule has 1 aliphatic rings. The predicted molar refractivity (Wildman–Crippen MR) is 104 cm³/mol. The number of aromatic nitrogens is 2. The molecule has 6 nitrogen and oxygen atoms in total. The molecule has 2 heterocycles. The molecular weight excluding hydrogens is 328 g/mol. The number of ether oxygens (including phenoxy) is 1. The van der Waals surface area contributed by atoms with Gasteiger partial charge in [0.25, 0.3) is 0 Å². The maximum Gasteiger partial charge on any atom is 0.410 e. The van der Waals surface area contributed by atoms with E-state index in [0.717, 1.165) is 38.2 Å². The molecule has 1 N–H and O–H groups in total. The number of nitrogens with one attached hydrogen (secondary N) is 1. The van der Waals surface area contributed by atoms with Crippen LogP contribution in [-0.4, -0.2) is 51.5 Å². The van der Waals surface area contributed by atoms with E-state index in [-0.39, 0.29) is 18.2 Å². The molecule has 0 aromatic carbocycles. The third-order valence-corrected chi connectivity index (χ3v) is 4.88. The van der Waals surface area contributed by atoms with Gasteiger partial charge >= 0.3 is 6.09 Å². The minimum Gasteiger partial charge on any atom is -0.444 e. The van der Waals surface area contributed by atoms with Crippen LogP contribution in [0.15, 0.2) is 6.07 Å². The van der Waals surface area contributed by atoms with Crippen LogP contribution in [0.1, 0.15) is 58.8 Å². The molecule has 3 atom stereocenters. The van der Waals surface area contributed by atoms with Gasteiger partial charge < -0.3 is 15.0 Å². The van der Waals surface area contributed by atoms with Crippen LogP contribution in [0.2, 0.25) is 0 Å². The maximum atomic E-state index is 12.5. The van der Waals surface area contributed by atoms with Crippen molar-refractivity contribution in [3.05, 3.63) is 17.5 Å². The Hall–Kier alpha value is -1.56. The third-order valence-electron chi connectivity index (χ3n) is 4.88. The maximum absolute atomic E-state index is 12.5. The Morgan fingerprint density at radius 3 is 2.65 bits per heavy atom. The van der Waals surface area contributed by atoms with Crippen molar-refractivity contribution in [2.24, 2.45) is 5.92 Å². The largest absolute Gasteiger partial charge is 0.444 e. The van der Waals surface area contributed by atoms with E-state index >= 15 is 0 Å². The van der Waals surface area contributed by atoms with Gasteiger partial charge in [0.1, 0.15) is 5.60 Å². The second kappa shape index (κ2) is 8.42. The molecular formula is C20H36N4O2.